The monoisotopic (exact) mass is 265 g/mol. The van der Waals surface area contributed by atoms with E-state index in [0.717, 1.165) is 36.4 Å². The zero-order chi connectivity index (χ0) is 13.0. The Hall–Kier alpha value is -1.02. The highest BCUT2D eigenvalue weighted by atomic mass is 35.5. The van der Waals surface area contributed by atoms with Crippen LogP contribution in [0.1, 0.15) is 38.2 Å². The van der Waals surface area contributed by atoms with Crippen molar-refractivity contribution in [2.75, 3.05) is 6.54 Å². The summed E-state index contributed by atoms with van der Waals surface area (Å²) < 4.78 is 0. The normalized spacial score (nSPS) is 19.2. The first-order valence-electron chi connectivity index (χ1n) is 6.74. The van der Waals surface area contributed by atoms with Crippen LogP contribution in [0.2, 0.25) is 5.02 Å². The van der Waals surface area contributed by atoms with Gasteiger partial charge in [-0.2, -0.15) is 0 Å². The maximum Gasteiger partial charge on any atom is 0.223 e. The average molecular weight is 266 g/mol. The van der Waals surface area contributed by atoms with E-state index < -0.39 is 0 Å². The van der Waals surface area contributed by atoms with Crippen molar-refractivity contribution in [2.45, 2.75) is 45.1 Å². The van der Waals surface area contributed by atoms with Crippen LogP contribution in [-0.4, -0.2) is 23.4 Å². The fourth-order valence-electron chi connectivity index (χ4n) is 2.68. The SMILES string of the molecule is CCC1CCCN1C(=O)CCc1cccc(Cl)c1. The molecular formula is C15H20ClNO. The number of halogens is 1. The summed E-state index contributed by atoms with van der Waals surface area (Å²) in [5.74, 6) is 0.291. The van der Waals surface area contributed by atoms with E-state index in [1.54, 1.807) is 0 Å². The van der Waals surface area contributed by atoms with Crippen molar-refractivity contribution in [3.63, 3.8) is 0 Å². The summed E-state index contributed by atoms with van der Waals surface area (Å²) in [4.78, 5) is 14.2. The molecule has 1 unspecified atom stereocenters. The lowest BCUT2D eigenvalue weighted by Gasteiger charge is -2.23. The van der Waals surface area contributed by atoms with Crippen molar-refractivity contribution in [1.82, 2.24) is 4.90 Å². The first-order chi connectivity index (χ1) is 8.70. The molecule has 1 aromatic rings. The molecule has 0 aliphatic carbocycles. The van der Waals surface area contributed by atoms with Gasteiger partial charge in [0.05, 0.1) is 0 Å². The van der Waals surface area contributed by atoms with Gasteiger partial charge in [-0.1, -0.05) is 30.7 Å². The van der Waals surface area contributed by atoms with E-state index >= 15 is 0 Å². The Balaban J connectivity index is 1.88. The fraction of sp³-hybridized carbons (Fsp3) is 0.533. The molecule has 98 valence electrons. The van der Waals surface area contributed by atoms with Gasteiger partial charge in [0.1, 0.15) is 0 Å². The lowest BCUT2D eigenvalue weighted by molar-refractivity contribution is -0.132. The molecule has 1 heterocycles. The maximum atomic E-state index is 12.2. The largest absolute Gasteiger partial charge is 0.340 e. The second-order valence-corrected chi connectivity index (χ2v) is 5.36. The number of amides is 1. The lowest BCUT2D eigenvalue weighted by atomic mass is 10.1. The summed E-state index contributed by atoms with van der Waals surface area (Å²) >= 11 is 5.94. The van der Waals surface area contributed by atoms with Gasteiger partial charge < -0.3 is 4.90 Å². The van der Waals surface area contributed by atoms with E-state index in [2.05, 4.69) is 11.8 Å². The molecule has 0 spiro atoms. The van der Waals surface area contributed by atoms with E-state index in [1.165, 1.54) is 6.42 Å². The summed E-state index contributed by atoms with van der Waals surface area (Å²) in [6.45, 7) is 3.10. The first kappa shape index (κ1) is 13.4. The number of likely N-dealkylation sites (tertiary alicyclic amines) is 1. The Labute approximate surface area is 114 Å². The predicted molar refractivity (Wildman–Crippen MR) is 74.8 cm³/mol. The molecule has 0 bridgehead atoms. The van der Waals surface area contributed by atoms with E-state index in [9.17, 15) is 4.79 Å². The number of nitrogens with zero attached hydrogens (tertiary/aromatic N) is 1. The minimum Gasteiger partial charge on any atom is -0.340 e. The van der Waals surface area contributed by atoms with E-state index in [1.807, 2.05) is 24.3 Å². The predicted octanol–water partition coefficient (Wildman–Crippen LogP) is 3.67. The van der Waals surface area contributed by atoms with Crippen LogP contribution in [0.5, 0.6) is 0 Å². The molecule has 0 aromatic heterocycles. The number of aryl methyl sites for hydroxylation is 1. The van der Waals surface area contributed by atoms with E-state index in [4.69, 9.17) is 11.6 Å². The molecule has 2 nitrogen and oxygen atoms in total. The van der Waals surface area contributed by atoms with Crippen molar-refractivity contribution in [3.8, 4) is 0 Å². The summed E-state index contributed by atoms with van der Waals surface area (Å²) in [6.07, 6.45) is 4.77. The molecule has 3 heteroatoms. The number of carbonyl (C=O) groups is 1. The van der Waals surface area contributed by atoms with Crippen molar-refractivity contribution < 1.29 is 4.79 Å². The second kappa shape index (κ2) is 6.24. The molecule has 1 aromatic carbocycles. The average Bonchev–Trinajstić information content (AvgIpc) is 2.84. The van der Waals surface area contributed by atoms with Gasteiger partial charge in [-0.25, -0.2) is 0 Å². The van der Waals surface area contributed by atoms with Crippen molar-refractivity contribution in [2.24, 2.45) is 0 Å². The van der Waals surface area contributed by atoms with Crippen LogP contribution in [0.25, 0.3) is 0 Å². The molecule has 1 aliphatic rings. The Bertz CT molecular complexity index is 419. The number of benzene rings is 1. The topological polar surface area (TPSA) is 20.3 Å². The highest BCUT2D eigenvalue weighted by Gasteiger charge is 2.26. The minimum atomic E-state index is 0.291. The van der Waals surface area contributed by atoms with Crippen molar-refractivity contribution >= 4 is 17.5 Å². The van der Waals surface area contributed by atoms with E-state index in [0.29, 0.717) is 18.4 Å². The Kier molecular flexibility index (Phi) is 4.65. The maximum absolute atomic E-state index is 12.2. The third kappa shape index (κ3) is 3.26. The van der Waals surface area contributed by atoms with Gasteiger partial charge in [0.15, 0.2) is 0 Å². The van der Waals surface area contributed by atoms with Crippen LogP contribution in [0.15, 0.2) is 24.3 Å². The third-order valence-corrected chi connectivity index (χ3v) is 3.92. The fourth-order valence-corrected chi connectivity index (χ4v) is 2.89. The molecule has 0 saturated carbocycles. The molecule has 0 radical (unpaired) electrons. The smallest absolute Gasteiger partial charge is 0.223 e. The highest BCUT2D eigenvalue weighted by molar-refractivity contribution is 6.30. The standard InChI is InChI=1S/C15H20ClNO/c1-2-14-7-4-10-17(14)15(18)9-8-12-5-3-6-13(16)11-12/h3,5-6,11,14H,2,4,7-10H2,1H3. The van der Waals surface area contributed by atoms with Gasteiger partial charge in [0.25, 0.3) is 0 Å². The van der Waals surface area contributed by atoms with Crippen molar-refractivity contribution in [1.29, 1.82) is 0 Å². The van der Waals surface area contributed by atoms with Gasteiger partial charge in [-0.05, 0) is 43.4 Å². The molecule has 1 atom stereocenters. The third-order valence-electron chi connectivity index (χ3n) is 3.69. The number of rotatable bonds is 4. The first-order valence-corrected chi connectivity index (χ1v) is 7.12. The lowest BCUT2D eigenvalue weighted by Crippen LogP contribution is -2.35. The van der Waals surface area contributed by atoms with Crippen LogP contribution >= 0.6 is 11.6 Å². The molecule has 1 aliphatic heterocycles. The van der Waals surface area contributed by atoms with Gasteiger partial charge in [-0.15, -0.1) is 0 Å². The van der Waals surface area contributed by atoms with Crippen LogP contribution in [0.4, 0.5) is 0 Å². The Morgan fingerprint density at radius 3 is 3.06 bits per heavy atom. The molecule has 1 saturated heterocycles. The van der Waals surface area contributed by atoms with Gasteiger partial charge >= 0.3 is 0 Å². The highest BCUT2D eigenvalue weighted by Crippen LogP contribution is 2.21. The summed E-state index contributed by atoms with van der Waals surface area (Å²) in [7, 11) is 0. The van der Waals surface area contributed by atoms with Crippen LogP contribution < -0.4 is 0 Å². The molecule has 0 N–H and O–H groups in total. The summed E-state index contributed by atoms with van der Waals surface area (Å²) in [5, 5.41) is 0.743. The number of hydrogen-bond acceptors (Lipinski definition) is 1. The van der Waals surface area contributed by atoms with Gasteiger partial charge in [-0.3, -0.25) is 4.79 Å². The summed E-state index contributed by atoms with van der Waals surface area (Å²) in [6, 6.07) is 8.24. The molecule has 18 heavy (non-hydrogen) atoms. The number of hydrogen-bond donors (Lipinski definition) is 0. The van der Waals surface area contributed by atoms with Crippen molar-refractivity contribution in [3.05, 3.63) is 34.9 Å². The van der Waals surface area contributed by atoms with Gasteiger partial charge in [0, 0.05) is 24.0 Å². The molecule has 2 rings (SSSR count). The zero-order valence-corrected chi connectivity index (χ0v) is 11.6. The van der Waals surface area contributed by atoms with Gasteiger partial charge in [0.2, 0.25) is 5.91 Å². The quantitative estimate of drug-likeness (QED) is 0.813. The zero-order valence-electron chi connectivity index (χ0n) is 10.9. The number of carbonyl (C=O) groups excluding carboxylic acids is 1. The molecule has 1 amide bonds. The van der Waals surface area contributed by atoms with Crippen LogP contribution in [-0.2, 0) is 11.2 Å². The molecular weight excluding hydrogens is 246 g/mol. The Morgan fingerprint density at radius 2 is 2.33 bits per heavy atom. The minimum absolute atomic E-state index is 0.291. The van der Waals surface area contributed by atoms with E-state index in [-0.39, 0.29) is 0 Å². The second-order valence-electron chi connectivity index (χ2n) is 4.92. The van der Waals surface area contributed by atoms with Crippen LogP contribution in [0, 0.1) is 0 Å². The summed E-state index contributed by atoms with van der Waals surface area (Å²) in [5.41, 5.74) is 1.14. The molecule has 1 fully saturated rings. The Morgan fingerprint density at radius 1 is 1.50 bits per heavy atom. The van der Waals surface area contributed by atoms with Crippen LogP contribution in [0.3, 0.4) is 0 Å².